The van der Waals surface area contributed by atoms with Gasteiger partial charge in [0.25, 0.3) is 0 Å². The molecule has 1 rings (SSSR count). The van der Waals surface area contributed by atoms with E-state index in [-0.39, 0.29) is 17.1 Å². The third-order valence-corrected chi connectivity index (χ3v) is 8.76. The SMILES string of the molecule is CCCCCCCCCCCCCCCCCCC(C(C)(C)C)C(C(=O)O)(c1ccc(O)cc1)C(C)(C)C. The fourth-order valence-electron chi connectivity index (χ4n) is 6.67. The molecule has 0 aliphatic rings. The van der Waals surface area contributed by atoms with Crippen LogP contribution in [0.4, 0.5) is 0 Å². The van der Waals surface area contributed by atoms with Gasteiger partial charge >= 0.3 is 5.97 Å². The van der Waals surface area contributed by atoms with Gasteiger partial charge in [-0.15, -0.1) is 0 Å². The van der Waals surface area contributed by atoms with Crippen molar-refractivity contribution in [2.75, 3.05) is 0 Å². The minimum Gasteiger partial charge on any atom is -0.508 e. The Balaban J connectivity index is 2.52. The van der Waals surface area contributed by atoms with Crippen molar-refractivity contribution in [1.82, 2.24) is 0 Å². The van der Waals surface area contributed by atoms with Gasteiger partial charge in [-0.2, -0.15) is 0 Å². The molecular formula is C35H62O3. The molecule has 0 spiro atoms. The summed E-state index contributed by atoms with van der Waals surface area (Å²) in [4.78, 5) is 13.2. The maximum absolute atomic E-state index is 13.2. The lowest BCUT2D eigenvalue weighted by Gasteiger charge is -2.52. The van der Waals surface area contributed by atoms with E-state index in [9.17, 15) is 15.0 Å². The summed E-state index contributed by atoms with van der Waals surface area (Å²) in [7, 11) is 0. The molecule has 3 heteroatoms. The van der Waals surface area contributed by atoms with Crippen LogP contribution in [0.3, 0.4) is 0 Å². The highest BCUT2D eigenvalue weighted by Crippen LogP contribution is 2.55. The second-order valence-corrected chi connectivity index (χ2v) is 13.9. The number of aromatic hydroxyl groups is 1. The van der Waals surface area contributed by atoms with Crippen LogP contribution in [-0.4, -0.2) is 16.2 Å². The van der Waals surface area contributed by atoms with E-state index in [1.54, 1.807) is 12.1 Å². The standard InChI is InChI=1S/C35H62O3/c1-8-9-10-11-12-13-14-15-16-17-18-19-20-21-22-23-24-31(33(2,3)4)35(32(37)38,34(5,6)7)29-25-27-30(36)28-26-29/h25-28,31,36H,8-24H2,1-7H3,(H,37,38). The van der Waals surface area contributed by atoms with Gasteiger partial charge in [-0.25, -0.2) is 0 Å². The van der Waals surface area contributed by atoms with E-state index in [0.717, 1.165) is 18.4 Å². The molecule has 0 aromatic heterocycles. The third kappa shape index (κ3) is 10.9. The van der Waals surface area contributed by atoms with Crippen LogP contribution in [0.1, 0.15) is 163 Å². The molecule has 0 radical (unpaired) electrons. The fourth-order valence-corrected chi connectivity index (χ4v) is 6.67. The molecule has 2 atom stereocenters. The van der Waals surface area contributed by atoms with Gasteiger partial charge in [0.2, 0.25) is 0 Å². The van der Waals surface area contributed by atoms with Gasteiger partial charge in [0.05, 0.1) is 0 Å². The number of rotatable bonds is 20. The van der Waals surface area contributed by atoms with Crippen molar-refractivity contribution in [2.24, 2.45) is 16.7 Å². The Morgan fingerprint density at radius 3 is 1.34 bits per heavy atom. The fraction of sp³-hybridized carbons (Fsp3) is 0.800. The minimum atomic E-state index is -1.03. The number of phenols is 1. The van der Waals surface area contributed by atoms with Crippen LogP contribution in [0.5, 0.6) is 5.75 Å². The predicted molar refractivity (Wildman–Crippen MR) is 164 cm³/mol. The quantitative estimate of drug-likeness (QED) is 0.165. The van der Waals surface area contributed by atoms with Crippen molar-refractivity contribution in [3.63, 3.8) is 0 Å². The maximum atomic E-state index is 13.2. The molecule has 0 aliphatic heterocycles. The molecule has 1 aromatic rings. The summed E-state index contributed by atoms with van der Waals surface area (Å²) in [6.07, 6.45) is 22.3. The van der Waals surface area contributed by atoms with E-state index < -0.39 is 16.8 Å². The van der Waals surface area contributed by atoms with Gasteiger partial charge in [0, 0.05) is 0 Å². The zero-order valence-corrected chi connectivity index (χ0v) is 26.2. The summed E-state index contributed by atoms with van der Waals surface area (Å²) in [5.74, 6) is -0.608. The number of hydrogen-bond donors (Lipinski definition) is 2. The predicted octanol–water partition coefficient (Wildman–Crippen LogP) is 11.1. The largest absolute Gasteiger partial charge is 0.508 e. The summed E-state index contributed by atoms with van der Waals surface area (Å²) < 4.78 is 0. The van der Waals surface area contributed by atoms with Crippen LogP contribution in [0.2, 0.25) is 0 Å². The van der Waals surface area contributed by atoms with E-state index in [2.05, 4.69) is 48.5 Å². The lowest BCUT2D eigenvalue weighted by Crippen LogP contribution is -2.56. The van der Waals surface area contributed by atoms with E-state index in [1.807, 2.05) is 12.1 Å². The average molecular weight is 531 g/mol. The van der Waals surface area contributed by atoms with Crippen molar-refractivity contribution in [3.8, 4) is 5.75 Å². The molecule has 220 valence electrons. The van der Waals surface area contributed by atoms with Crippen molar-refractivity contribution in [1.29, 1.82) is 0 Å². The summed E-state index contributed by atoms with van der Waals surface area (Å²) in [6, 6.07) is 6.91. The molecule has 0 fully saturated rings. The van der Waals surface area contributed by atoms with Crippen molar-refractivity contribution >= 4 is 5.97 Å². The number of unbranched alkanes of at least 4 members (excludes halogenated alkanes) is 15. The van der Waals surface area contributed by atoms with Gasteiger partial charge in [-0.1, -0.05) is 163 Å². The Morgan fingerprint density at radius 2 is 1.03 bits per heavy atom. The smallest absolute Gasteiger partial charge is 0.314 e. The molecule has 0 amide bonds. The lowest BCUT2D eigenvalue weighted by atomic mass is 9.50. The van der Waals surface area contributed by atoms with Gasteiger partial charge in [-0.05, 0) is 40.9 Å². The highest BCUT2D eigenvalue weighted by Gasteiger charge is 2.58. The first-order valence-corrected chi connectivity index (χ1v) is 15.9. The number of aliphatic carboxylic acids is 1. The van der Waals surface area contributed by atoms with Crippen molar-refractivity contribution in [3.05, 3.63) is 29.8 Å². The number of carboxylic acid groups (broad SMARTS) is 1. The Labute approximate surface area is 236 Å². The van der Waals surface area contributed by atoms with Gasteiger partial charge in [0.15, 0.2) is 0 Å². The van der Waals surface area contributed by atoms with Crippen molar-refractivity contribution in [2.45, 2.75) is 163 Å². The Hall–Kier alpha value is -1.51. The topological polar surface area (TPSA) is 57.5 Å². The number of carboxylic acids is 1. The highest BCUT2D eigenvalue weighted by atomic mass is 16.4. The summed E-state index contributed by atoms with van der Waals surface area (Å²) in [5.41, 5.74) is -0.886. The Bertz CT molecular complexity index is 753. The third-order valence-electron chi connectivity index (χ3n) is 8.76. The van der Waals surface area contributed by atoms with Gasteiger partial charge in [-0.3, -0.25) is 4.79 Å². The molecule has 38 heavy (non-hydrogen) atoms. The number of carbonyl (C=O) groups is 1. The molecule has 2 N–H and O–H groups in total. The van der Waals surface area contributed by atoms with Gasteiger partial charge in [0.1, 0.15) is 11.2 Å². The molecule has 0 aliphatic carbocycles. The highest BCUT2D eigenvalue weighted by molar-refractivity contribution is 5.83. The monoisotopic (exact) mass is 530 g/mol. The van der Waals surface area contributed by atoms with Crippen LogP contribution >= 0.6 is 0 Å². The first-order chi connectivity index (χ1) is 17.9. The molecule has 3 nitrogen and oxygen atoms in total. The molecular weight excluding hydrogens is 468 g/mol. The molecule has 0 heterocycles. The summed E-state index contributed by atoms with van der Waals surface area (Å²) in [6.45, 7) is 15.0. The molecule has 0 saturated heterocycles. The van der Waals surface area contributed by atoms with E-state index >= 15 is 0 Å². The second kappa shape index (κ2) is 17.2. The summed E-state index contributed by atoms with van der Waals surface area (Å²) in [5, 5.41) is 20.7. The number of hydrogen-bond acceptors (Lipinski definition) is 2. The van der Waals surface area contributed by atoms with Gasteiger partial charge < -0.3 is 10.2 Å². The van der Waals surface area contributed by atoms with Crippen LogP contribution in [0.15, 0.2) is 24.3 Å². The van der Waals surface area contributed by atoms with Crippen LogP contribution in [0.25, 0.3) is 0 Å². The van der Waals surface area contributed by atoms with Crippen molar-refractivity contribution < 1.29 is 15.0 Å². The Kier molecular flexibility index (Phi) is 15.7. The Morgan fingerprint density at radius 1 is 0.658 bits per heavy atom. The molecule has 0 saturated carbocycles. The first kappa shape index (κ1) is 34.5. The maximum Gasteiger partial charge on any atom is 0.314 e. The molecule has 2 unspecified atom stereocenters. The average Bonchev–Trinajstić information content (AvgIpc) is 2.82. The van der Waals surface area contributed by atoms with E-state index in [0.29, 0.717) is 0 Å². The second-order valence-electron chi connectivity index (χ2n) is 13.9. The first-order valence-electron chi connectivity index (χ1n) is 15.9. The lowest BCUT2D eigenvalue weighted by molar-refractivity contribution is -0.156. The normalized spacial score (nSPS) is 14.8. The number of phenolic OH excluding ortho intramolecular Hbond substituents is 1. The van der Waals surface area contributed by atoms with E-state index in [4.69, 9.17) is 0 Å². The van der Waals surface area contributed by atoms with Crippen LogP contribution in [0, 0.1) is 16.7 Å². The molecule has 1 aromatic carbocycles. The van der Waals surface area contributed by atoms with E-state index in [1.165, 1.54) is 96.3 Å². The molecule has 0 bridgehead atoms. The minimum absolute atomic E-state index is 0.0244. The van der Waals surface area contributed by atoms with Crippen LogP contribution in [-0.2, 0) is 10.2 Å². The zero-order valence-electron chi connectivity index (χ0n) is 26.2. The summed E-state index contributed by atoms with van der Waals surface area (Å²) >= 11 is 0. The van der Waals surface area contributed by atoms with Crippen LogP contribution < -0.4 is 0 Å². The zero-order chi connectivity index (χ0) is 28.7. The number of benzene rings is 1.